The molecule has 0 spiro atoms. The van der Waals surface area contributed by atoms with Crippen LogP contribution in [0.25, 0.3) is 16.8 Å². The van der Waals surface area contributed by atoms with Gasteiger partial charge >= 0.3 is 0 Å². The van der Waals surface area contributed by atoms with Crippen molar-refractivity contribution in [3.8, 4) is 5.75 Å². The van der Waals surface area contributed by atoms with Gasteiger partial charge in [0, 0.05) is 29.6 Å². The standard InChI is InChI=1S/C31H37N3O3/c35-31(33-36)26-14-12-23(13-15-26)20-24(22-37-30-11-5-7-25-6-1-4-10-29(25)30)21-34(27-8-2-3-9-27)28-16-18-32-19-17-28/h1,4-7,10-15,20,27-28,32,36H,2-3,8-9,16-19,21-22H2,(H,33,35)/b24-20+. The molecular formula is C31H37N3O3. The topological polar surface area (TPSA) is 73.8 Å². The lowest BCUT2D eigenvalue weighted by molar-refractivity contribution is 0.0706. The number of hydrogen-bond donors (Lipinski definition) is 3. The number of amides is 1. The maximum absolute atomic E-state index is 11.8. The summed E-state index contributed by atoms with van der Waals surface area (Å²) in [6.45, 7) is 3.53. The van der Waals surface area contributed by atoms with Gasteiger partial charge < -0.3 is 10.1 Å². The fourth-order valence-corrected chi connectivity index (χ4v) is 5.82. The lowest BCUT2D eigenvalue weighted by Crippen LogP contribution is -2.48. The third kappa shape index (κ3) is 6.39. The van der Waals surface area contributed by atoms with Crippen LogP contribution >= 0.6 is 0 Å². The van der Waals surface area contributed by atoms with Crippen molar-refractivity contribution in [2.24, 2.45) is 0 Å². The smallest absolute Gasteiger partial charge is 0.274 e. The molecule has 6 heteroatoms. The Hall–Kier alpha value is -3.19. The molecule has 2 aliphatic rings. The Balaban J connectivity index is 1.42. The van der Waals surface area contributed by atoms with E-state index in [2.05, 4.69) is 46.6 Å². The molecule has 1 saturated carbocycles. The van der Waals surface area contributed by atoms with Crippen LogP contribution in [-0.2, 0) is 0 Å². The normalized spacial score (nSPS) is 17.4. The number of piperidine rings is 1. The summed E-state index contributed by atoms with van der Waals surface area (Å²) in [6.07, 6.45) is 9.73. The largest absolute Gasteiger partial charge is 0.489 e. The van der Waals surface area contributed by atoms with Crippen molar-refractivity contribution in [3.05, 3.63) is 83.4 Å². The van der Waals surface area contributed by atoms with Crippen LogP contribution in [0.15, 0.2) is 72.3 Å². The van der Waals surface area contributed by atoms with E-state index in [1.54, 1.807) is 17.6 Å². The molecule has 0 radical (unpaired) electrons. The molecule has 3 N–H and O–H groups in total. The number of fused-ring (bicyclic) bond motifs is 1. The Bertz CT molecular complexity index is 1210. The first-order valence-corrected chi connectivity index (χ1v) is 13.5. The van der Waals surface area contributed by atoms with E-state index >= 15 is 0 Å². The highest BCUT2D eigenvalue weighted by atomic mass is 16.5. The summed E-state index contributed by atoms with van der Waals surface area (Å²) in [7, 11) is 0. The molecule has 1 saturated heterocycles. The highest BCUT2D eigenvalue weighted by Gasteiger charge is 2.30. The molecular weight excluding hydrogens is 462 g/mol. The van der Waals surface area contributed by atoms with Crippen LogP contribution in [0.2, 0.25) is 0 Å². The number of ether oxygens (including phenoxy) is 1. The SMILES string of the molecule is O=C(NO)c1ccc(/C=C(/COc2cccc3ccccc23)CN(C2CCCC2)C2CCNCC2)cc1. The predicted molar refractivity (Wildman–Crippen MR) is 148 cm³/mol. The van der Waals surface area contributed by atoms with Gasteiger partial charge in [-0.05, 0) is 73.5 Å². The second-order valence-electron chi connectivity index (χ2n) is 10.2. The van der Waals surface area contributed by atoms with Gasteiger partial charge in [0.25, 0.3) is 5.91 Å². The number of nitrogens with zero attached hydrogens (tertiary/aromatic N) is 1. The van der Waals surface area contributed by atoms with Crippen molar-refractivity contribution < 1.29 is 14.7 Å². The lowest BCUT2D eigenvalue weighted by atomic mass is 9.99. The first-order valence-electron chi connectivity index (χ1n) is 13.5. The Morgan fingerprint density at radius 3 is 2.41 bits per heavy atom. The van der Waals surface area contributed by atoms with Crippen molar-refractivity contribution in [2.75, 3.05) is 26.2 Å². The number of hydroxylamine groups is 1. The van der Waals surface area contributed by atoms with Crippen LogP contribution in [0, 0.1) is 0 Å². The van der Waals surface area contributed by atoms with Gasteiger partial charge in [0.1, 0.15) is 12.4 Å². The zero-order chi connectivity index (χ0) is 25.5. The van der Waals surface area contributed by atoms with E-state index in [0.29, 0.717) is 24.3 Å². The minimum Gasteiger partial charge on any atom is -0.489 e. The Morgan fingerprint density at radius 2 is 1.65 bits per heavy atom. The maximum Gasteiger partial charge on any atom is 0.274 e. The molecule has 6 nitrogen and oxygen atoms in total. The molecule has 3 aromatic carbocycles. The summed E-state index contributed by atoms with van der Waals surface area (Å²) >= 11 is 0. The van der Waals surface area contributed by atoms with Crippen molar-refractivity contribution >= 4 is 22.8 Å². The molecule has 1 amide bonds. The number of rotatable bonds is 9. The van der Waals surface area contributed by atoms with E-state index < -0.39 is 5.91 Å². The highest BCUT2D eigenvalue weighted by Crippen LogP contribution is 2.30. The average Bonchev–Trinajstić information content (AvgIpc) is 3.49. The van der Waals surface area contributed by atoms with Gasteiger partial charge in [-0.3, -0.25) is 14.9 Å². The highest BCUT2D eigenvalue weighted by molar-refractivity contribution is 5.93. The van der Waals surface area contributed by atoms with Gasteiger partial charge in [0.15, 0.2) is 0 Å². The number of hydrogen-bond acceptors (Lipinski definition) is 5. The van der Waals surface area contributed by atoms with Crippen LogP contribution in [0.3, 0.4) is 0 Å². The van der Waals surface area contributed by atoms with Crippen molar-refractivity contribution in [3.63, 3.8) is 0 Å². The zero-order valence-corrected chi connectivity index (χ0v) is 21.4. The zero-order valence-electron chi connectivity index (χ0n) is 21.4. The van der Waals surface area contributed by atoms with E-state index in [0.717, 1.165) is 36.3 Å². The number of benzene rings is 3. The Labute approximate surface area is 219 Å². The van der Waals surface area contributed by atoms with Gasteiger partial charge in [0.05, 0.1) is 0 Å². The van der Waals surface area contributed by atoms with Crippen LogP contribution < -0.4 is 15.5 Å². The maximum atomic E-state index is 11.8. The molecule has 37 heavy (non-hydrogen) atoms. The number of carbonyl (C=O) groups is 1. The first-order chi connectivity index (χ1) is 18.2. The van der Waals surface area contributed by atoms with Crippen molar-refractivity contribution in [1.29, 1.82) is 0 Å². The quantitative estimate of drug-likeness (QED) is 0.271. The molecule has 0 atom stereocenters. The summed E-state index contributed by atoms with van der Waals surface area (Å²) < 4.78 is 6.48. The van der Waals surface area contributed by atoms with Gasteiger partial charge in [-0.15, -0.1) is 0 Å². The molecule has 0 aromatic heterocycles. The van der Waals surface area contributed by atoms with Crippen LogP contribution in [0.5, 0.6) is 5.75 Å². The van der Waals surface area contributed by atoms with E-state index in [1.807, 2.05) is 24.3 Å². The predicted octanol–water partition coefficient (Wildman–Crippen LogP) is 5.42. The summed E-state index contributed by atoms with van der Waals surface area (Å²) in [5, 5.41) is 14.8. The second kappa shape index (κ2) is 12.4. The summed E-state index contributed by atoms with van der Waals surface area (Å²) in [6, 6.07) is 23.1. The fraction of sp³-hybridized carbons (Fsp3) is 0.387. The molecule has 1 aliphatic carbocycles. The Morgan fingerprint density at radius 1 is 0.946 bits per heavy atom. The summed E-state index contributed by atoms with van der Waals surface area (Å²) in [4.78, 5) is 14.5. The Kier molecular flexibility index (Phi) is 8.51. The van der Waals surface area contributed by atoms with Gasteiger partial charge in [-0.25, -0.2) is 5.48 Å². The van der Waals surface area contributed by atoms with Crippen LogP contribution in [-0.4, -0.2) is 54.3 Å². The molecule has 1 heterocycles. The molecule has 0 bridgehead atoms. The lowest BCUT2D eigenvalue weighted by Gasteiger charge is -2.39. The number of nitrogens with one attached hydrogen (secondary N) is 2. The van der Waals surface area contributed by atoms with Gasteiger partial charge in [-0.2, -0.15) is 0 Å². The first kappa shape index (κ1) is 25.5. The fourth-order valence-electron chi connectivity index (χ4n) is 5.82. The summed E-state index contributed by atoms with van der Waals surface area (Å²) in [5.41, 5.74) is 4.36. The molecule has 3 aromatic rings. The second-order valence-corrected chi connectivity index (χ2v) is 10.2. The van der Waals surface area contributed by atoms with E-state index in [1.165, 1.54) is 49.5 Å². The molecule has 0 unspecified atom stereocenters. The van der Waals surface area contributed by atoms with Gasteiger partial charge in [-0.1, -0.05) is 67.4 Å². The molecule has 1 aliphatic heterocycles. The minimum atomic E-state index is -0.506. The minimum absolute atomic E-state index is 0.426. The monoisotopic (exact) mass is 499 g/mol. The van der Waals surface area contributed by atoms with Crippen LogP contribution in [0.4, 0.5) is 0 Å². The van der Waals surface area contributed by atoms with Crippen molar-refractivity contribution in [1.82, 2.24) is 15.7 Å². The third-order valence-corrected chi connectivity index (χ3v) is 7.76. The molecule has 5 rings (SSSR count). The van der Waals surface area contributed by atoms with Crippen LogP contribution in [0.1, 0.15) is 54.4 Å². The molecule has 194 valence electrons. The number of carbonyl (C=O) groups excluding carboxylic acids is 1. The van der Waals surface area contributed by atoms with Gasteiger partial charge in [0.2, 0.25) is 0 Å². The molecule has 2 fully saturated rings. The van der Waals surface area contributed by atoms with E-state index in [9.17, 15) is 4.79 Å². The average molecular weight is 500 g/mol. The van der Waals surface area contributed by atoms with Crippen molar-refractivity contribution in [2.45, 2.75) is 50.6 Å². The van der Waals surface area contributed by atoms with E-state index in [4.69, 9.17) is 9.94 Å². The third-order valence-electron chi connectivity index (χ3n) is 7.76. The summed E-state index contributed by atoms with van der Waals surface area (Å²) in [5.74, 6) is 0.390. The van der Waals surface area contributed by atoms with E-state index in [-0.39, 0.29) is 0 Å².